The maximum atomic E-state index is 12.0. The molecule has 0 spiro atoms. The van der Waals surface area contributed by atoms with Crippen LogP contribution in [0.5, 0.6) is 0 Å². The number of nitrogens with one attached hydrogen (secondary N) is 1. The monoisotopic (exact) mass is 249 g/mol. The Labute approximate surface area is 98.6 Å². The molecule has 0 unspecified atom stereocenters. The van der Waals surface area contributed by atoms with Gasteiger partial charge in [0.2, 0.25) is 0 Å². The molecule has 0 amide bonds. The van der Waals surface area contributed by atoms with E-state index in [2.05, 4.69) is 4.72 Å². The lowest BCUT2D eigenvalue weighted by molar-refractivity contribution is 0.270. The Morgan fingerprint density at radius 1 is 1.44 bits per heavy atom. The van der Waals surface area contributed by atoms with Gasteiger partial charge >= 0.3 is 0 Å². The molecule has 6 heteroatoms. The van der Waals surface area contributed by atoms with Crippen molar-refractivity contribution in [2.45, 2.75) is 39.7 Å². The molecule has 5 nitrogen and oxygen atoms in total. The van der Waals surface area contributed by atoms with Gasteiger partial charge in [-0.15, -0.1) is 0 Å². The molecule has 1 rings (SSSR count). The minimum absolute atomic E-state index is 0.153. The average Bonchev–Trinajstić information content (AvgIpc) is 2.97. The molecule has 0 heterocycles. The van der Waals surface area contributed by atoms with E-state index in [-0.39, 0.29) is 11.5 Å². The standard InChI is InChI=1S/C10H23N3O2S/c1-4-13(8-10(2,3)7-11)16(14,15)12-9-5-6-9/h9,12H,4-8,11H2,1-3H3. The molecule has 96 valence electrons. The van der Waals surface area contributed by atoms with Gasteiger partial charge in [-0.2, -0.15) is 17.4 Å². The molecule has 0 bridgehead atoms. The minimum atomic E-state index is -3.32. The van der Waals surface area contributed by atoms with Crippen molar-refractivity contribution in [3.63, 3.8) is 0 Å². The van der Waals surface area contributed by atoms with Crippen molar-refractivity contribution < 1.29 is 8.42 Å². The summed E-state index contributed by atoms with van der Waals surface area (Å²) in [4.78, 5) is 0. The lowest BCUT2D eigenvalue weighted by Gasteiger charge is -2.30. The first-order chi connectivity index (χ1) is 7.30. The van der Waals surface area contributed by atoms with E-state index in [0.717, 1.165) is 12.8 Å². The van der Waals surface area contributed by atoms with E-state index in [1.165, 1.54) is 4.31 Å². The van der Waals surface area contributed by atoms with Gasteiger partial charge in [0.05, 0.1) is 0 Å². The first kappa shape index (κ1) is 13.9. The van der Waals surface area contributed by atoms with Gasteiger partial charge in [0.1, 0.15) is 0 Å². The minimum Gasteiger partial charge on any atom is -0.330 e. The lowest BCUT2D eigenvalue weighted by Crippen LogP contribution is -2.47. The second-order valence-corrected chi connectivity index (χ2v) is 6.89. The highest BCUT2D eigenvalue weighted by atomic mass is 32.2. The SMILES string of the molecule is CCN(CC(C)(C)CN)S(=O)(=O)NC1CC1. The molecule has 1 aliphatic rings. The lowest BCUT2D eigenvalue weighted by atomic mass is 9.94. The maximum Gasteiger partial charge on any atom is 0.279 e. The fourth-order valence-electron chi connectivity index (χ4n) is 1.40. The summed E-state index contributed by atoms with van der Waals surface area (Å²) < 4.78 is 28.1. The van der Waals surface area contributed by atoms with E-state index in [9.17, 15) is 8.42 Å². The van der Waals surface area contributed by atoms with Crippen LogP contribution in [0.3, 0.4) is 0 Å². The van der Waals surface area contributed by atoms with Gasteiger partial charge in [-0.25, -0.2) is 0 Å². The van der Waals surface area contributed by atoms with Crippen LogP contribution in [0.2, 0.25) is 0 Å². The van der Waals surface area contributed by atoms with E-state index in [1.807, 2.05) is 20.8 Å². The number of rotatable bonds is 7. The van der Waals surface area contributed by atoms with E-state index < -0.39 is 10.2 Å². The van der Waals surface area contributed by atoms with Crippen molar-refractivity contribution in [3.05, 3.63) is 0 Å². The molecule has 0 aliphatic heterocycles. The Hall–Kier alpha value is -0.170. The summed E-state index contributed by atoms with van der Waals surface area (Å²) in [5.74, 6) is 0. The molecule has 16 heavy (non-hydrogen) atoms. The highest BCUT2D eigenvalue weighted by molar-refractivity contribution is 7.87. The summed E-state index contributed by atoms with van der Waals surface area (Å²) in [7, 11) is -3.32. The predicted molar refractivity (Wildman–Crippen MR) is 65.2 cm³/mol. The van der Waals surface area contributed by atoms with Gasteiger partial charge in [-0.05, 0) is 24.8 Å². The number of hydrogen-bond acceptors (Lipinski definition) is 3. The van der Waals surface area contributed by atoms with Crippen LogP contribution < -0.4 is 10.5 Å². The van der Waals surface area contributed by atoms with E-state index in [1.54, 1.807) is 0 Å². The molecular weight excluding hydrogens is 226 g/mol. The summed E-state index contributed by atoms with van der Waals surface area (Å²) in [6.45, 7) is 7.21. The highest BCUT2D eigenvalue weighted by Gasteiger charge is 2.32. The van der Waals surface area contributed by atoms with E-state index in [0.29, 0.717) is 19.6 Å². The summed E-state index contributed by atoms with van der Waals surface area (Å²) in [6, 6.07) is 0.153. The van der Waals surface area contributed by atoms with Crippen molar-refractivity contribution in [1.29, 1.82) is 0 Å². The van der Waals surface area contributed by atoms with Crippen LogP contribution in [0.4, 0.5) is 0 Å². The summed E-state index contributed by atoms with van der Waals surface area (Å²) in [5, 5.41) is 0. The average molecular weight is 249 g/mol. The summed E-state index contributed by atoms with van der Waals surface area (Å²) >= 11 is 0. The highest BCUT2D eigenvalue weighted by Crippen LogP contribution is 2.22. The Morgan fingerprint density at radius 3 is 2.38 bits per heavy atom. The Balaban J connectivity index is 2.65. The smallest absolute Gasteiger partial charge is 0.279 e. The van der Waals surface area contributed by atoms with Crippen molar-refractivity contribution in [2.24, 2.45) is 11.1 Å². The molecular formula is C10H23N3O2S. The Bertz CT molecular complexity index is 323. The molecule has 0 aromatic heterocycles. The fraction of sp³-hybridized carbons (Fsp3) is 1.00. The predicted octanol–water partition coefficient (Wildman–Crippen LogP) is 0.290. The molecule has 1 aliphatic carbocycles. The molecule has 0 radical (unpaired) electrons. The third-order valence-corrected chi connectivity index (χ3v) is 4.44. The first-order valence-corrected chi connectivity index (χ1v) is 7.22. The van der Waals surface area contributed by atoms with Crippen molar-refractivity contribution in [2.75, 3.05) is 19.6 Å². The van der Waals surface area contributed by atoms with Crippen molar-refractivity contribution >= 4 is 10.2 Å². The zero-order chi connectivity index (χ0) is 12.4. The van der Waals surface area contributed by atoms with E-state index >= 15 is 0 Å². The zero-order valence-electron chi connectivity index (χ0n) is 10.4. The Morgan fingerprint density at radius 2 is 2.00 bits per heavy atom. The second kappa shape index (κ2) is 5.00. The van der Waals surface area contributed by atoms with Gasteiger partial charge < -0.3 is 5.73 Å². The number of nitrogens with zero attached hydrogens (tertiary/aromatic N) is 1. The second-order valence-electron chi connectivity index (χ2n) is 5.19. The molecule has 0 aromatic rings. The number of hydrogen-bond donors (Lipinski definition) is 2. The van der Waals surface area contributed by atoms with Gasteiger partial charge in [-0.3, -0.25) is 0 Å². The summed E-state index contributed by atoms with van der Waals surface area (Å²) in [6.07, 6.45) is 1.91. The van der Waals surface area contributed by atoms with Crippen molar-refractivity contribution in [3.8, 4) is 0 Å². The van der Waals surface area contributed by atoms with Crippen molar-refractivity contribution in [1.82, 2.24) is 9.03 Å². The van der Waals surface area contributed by atoms with Crippen LogP contribution >= 0.6 is 0 Å². The molecule has 0 atom stereocenters. The Kier molecular flexibility index (Phi) is 4.34. The van der Waals surface area contributed by atoms with Gasteiger partial charge in [0.15, 0.2) is 0 Å². The van der Waals surface area contributed by atoms with Gasteiger partial charge in [0.25, 0.3) is 10.2 Å². The largest absolute Gasteiger partial charge is 0.330 e. The first-order valence-electron chi connectivity index (χ1n) is 5.78. The van der Waals surface area contributed by atoms with Crippen LogP contribution in [0.25, 0.3) is 0 Å². The van der Waals surface area contributed by atoms with Crippen LogP contribution in [0.15, 0.2) is 0 Å². The number of nitrogens with two attached hydrogens (primary N) is 1. The zero-order valence-corrected chi connectivity index (χ0v) is 11.2. The molecule has 0 aromatic carbocycles. The van der Waals surface area contributed by atoms with Gasteiger partial charge in [-0.1, -0.05) is 20.8 Å². The van der Waals surface area contributed by atoms with Crippen LogP contribution in [-0.2, 0) is 10.2 Å². The fourth-order valence-corrected chi connectivity index (χ4v) is 3.06. The molecule has 3 N–H and O–H groups in total. The normalized spacial score (nSPS) is 18.1. The van der Waals surface area contributed by atoms with Gasteiger partial charge in [0, 0.05) is 19.1 Å². The quantitative estimate of drug-likeness (QED) is 0.681. The van der Waals surface area contributed by atoms with Crippen LogP contribution in [0.1, 0.15) is 33.6 Å². The van der Waals surface area contributed by atoms with Crippen LogP contribution in [0, 0.1) is 5.41 Å². The molecule has 1 saturated carbocycles. The summed E-state index contributed by atoms with van der Waals surface area (Å²) in [5.41, 5.74) is 5.44. The third-order valence-electron chi connectivity index (χ3n) is 2.74. The third kappa shape index (κ3) is 4.01. The topological polar surface area (TPSA) is 75.4 Å². The molecule has 0 saturated heterocycles. The van der Waals surface area contributed by atoms with Crippen LogP contribution in [-0.4, -0.2) is 38.4 Å². The maximum absolute atomic E-state index is 12.0. The molecule has 1 fully saturated rings. The van der Waals surface area contributed by atoms with E-state index in [4.69, 9.17) is 5.73 Å².